The van der Waals surface area contributed by atoms with Crippen molar-refractivity contribution < 1.29 is 5.21 Å². The van der Waals surface area contributed by atoms with E-state index >= 15 is 0 Å². The highest BCUT2D eigenvalue weighted by Gasteiger charge is 2.11. The Bertz CT molecular complexity index is 627. The van der Waals surface area contributed by atoms with E-state index in [0.29, 0.717) is 0 Å². The Morgan fingerprint density at radius 1 is 1.26 bits per heavy atom. The van der Waals surface area contributed by atoms with E-state index in [1.165, 1.54) is 17.3 Å². The van der Waals surface area contributed by atoms with Gasteiger partial charge in [-0.1, -0.05) is 11.2 Å². The lowest BCUT2D eigenvalue weighted by molar-refractivity contribution is 0.322. The van der Waals surface area contributed by atoms with Crippen LogP contribution in [0.2, 0.25) is 0 Å². The highest BCUT2D eigenvalue weighted by Crippen LogP contribution is 2.22. The molecule has 0 atom stereocenters. The van der Waals surface area contributed by atoms with Crippen LogP contribution in [0.1, 0.15) is 33.6 Å². The maximum Gasteiger partial charge on any atom is 0.105 e. The summed E-state index contributed by atoms with van der Waals surface area (Å²) in [5.41, 5.74) is 5.77. The van der Waals surface area contributed by atoms with Crippen LogP contribution in [0.3, 0.4) is 0 Å². The Balaban J connectivity index is 2.51. The normalized spacial score (nSPS) is 11.4. The van der Waals surface area contributed by atoms with Crippen LogP contribution in [0.25, 0.3) is 0 Å². The standard InChI is InChI=1S/C15H19N3O/c1-10-7-11(2)15(12(3)14(10)8-17-19)9-18-6-5-16-13(18)4/h5-8,19H,9H2,1-4H3/b17-8+. The minimum atomic E-state index is 0.788. The quantitative estimate of drug-likeness (QED) is 0.522. The summed E-state index contributed by atoms with van der Waals surface area (Å²) in [7, 11) is 0. The van der Waals surface area contributed by atoms with Crippen molar-refractivity contribution in [3.05, 3.63) is 52.1 Å². The molecular weight excluding hydrogens is 238 g/mol. The third-order valence-electron chi connectivity index (χ3n) is 3.63. The van der Waals surface area contributed by atoms with Crippen molar-refractivity contribution in [2.75, 3.05) is 0 Å². The van der Waals surface area contributed by atoms with Gasteiger partial charge in [0.1, 0.15) is 5.82 Å². The summed E-state index contributed by atoms with van der Waals surface area (Å²) in [5, 5.41) is 12.0. The topological polar surface area (TPSA) is 50.4 Å². The first-order chi connectivity index (χ1) is 9.04. The summed E-state index contributed by atoms with van der Waals surface area (Å²) in [4.78, 5) is 4.25. The van der Waals surface area contributed by atoms with E-state index in [4.69, 9.17) is 5.21 Å². The minimum absolute atomic E-state index is 0.788. The molecule has 0 aliphatic carbocycles. The smallest absolute Gasteiger partial charge is 0.105 e. The molecule has 0 amide bonds. The first-order valence-electron chi connectivity index (χ1n) is 6.29. The van der Waals surface area contributed by atoms with Gasteiger partial charge in [-0.25, -0.2) is 4.98 Å². The molecule has 0 aliphatic heterocycles. The van der Waals surface area contributed by atoms with Crippen LogP contribution in [0, 0.1) is 27.7 Å². The largest absolute Gasteiger partial charge is 0.411 e. The molecular formula is C15H19N3O. The lowest BCUT2D eigenvalue weighted by atomic mass is 9.94. The Labute approximate surface area is 113 Å². The monoisotopic (exact) mass is 257 g/mol. The Kier molecular flexibility index (Phi) is 3.69. The third kappa shape index (κ3) is 2.52. The number of rotatable bonds is 3. The van der Waals surface area contributed by atoms with Gasteiger partial charge in [-0.05, 0) is 49.9 Å². The van der Waals surface area contributed by atoms with Gasteiger partial charge in [0.25, 0.3) is 0 Å². The number of hydrogen-bond donors (Lipinski definition) is 1. The maximum atomic E-state index is 8.78. The zero-order valence-electron chi connectivity index (χ0n) is 11.8. The number of aryl methyl sites for hydroxylation is 3. The van der Waals surface area contributed by atoms with Gasteiger partial charge in [-0.3, -0.25) is 0 Å². The van der Waals surface area contributed by atoms with Gasteiger partial charge in [0.2, 0.25) is 0 Å². The number of aromatic nitrogens is 2. The predicted molar refractivity (Wildman–Crippen MR) is 76.1 cm³/mol. The number of benzene rings is 1. The fourth-order valence-corrected chi connectivity index (χ4v) is 2.48. The molecule has 0 spiro atoms. The molecule has 1 heterocycles. The number of hydrogen-bond acceptors (Lipinski definition) is 3. The van der Waals surface area contributed by atoms with E-state index in [1.807, 2.05) is 26.2 Å². The second-order valence-electron chi connectivity index (χ2n) is 4.87. The molecule has 1 aromatic carbocycles. The van der Waals surface area contributed by atoms with Crippen LogP contribution < -0.4 is 0 Å². The van der Waals surface area contributed by atoms with Crippen LogP contribution in [0.4, 0.5) is 0 Å². The van der Waals surface area contributed by atoms with Gasteiger partial charge >= 0.3 is 0 Å². The number of oxime groups is 1. The fraction of sp³-hybridized carbons (Fsp3) is 0.333. The van der Waals surface area contributed by atoms with E-state index < -0.39 is 0 Å². The maximum absolute atomic E-state index is 8.78. The van der Waals surface area contributed by atoms with Crippen LogP contribution in [-0.2, 0) is 6.54 Å². The van der Waals surface area contributed by atoms with Crippen molar-refractivity contribution in [2.24, 2.45) is 5.16 Å². The second-order valence-corrected chi connectivity index (χ2v) is 4.87. The molecule has 0 aliphatic rings. The Morgan fingerprint density at radius 3 is 2.58 bits per heavy atom. The number of imidazole rings is 1. The molecule has 2 aromatic rings. The second kappa shape index (κ2) is 5.26. The molecule has 100 valence electrons. The summed E-state index contributed by atoms with van der Waals surface area (Å²) in [5.74, 6) is 0.997. The summed E-state index contributed by atoms with van der Waals surface area (Å²) in [6.45, 7) is 8.99. The first kappa shape index (κ1) is 13.3. The van der Waals surface area contributed by atoms with Crippen molar-refractivity contribution in [1.82, 2.24) is 9.55 Å². The highest BCUT2D eigenvalue weighted by atomic mass is 16.4. The van der Waals surface area contributed by atoms with Crippen molar-refractivity contribution in [3.8, 4) is 0 Å². The Hall–Kier alpha value is -2.10. The summed E-state index contributed by atoms with van der Waals surface area (Å²) in [6.07, 6.45) is 5.30. The molecule has 0 saturated heterocycles. The van der Waals surface area contributed by atoms with Crippen LogP contribution in [0.5, 0.6) is 0 Å². The molecule has 1 N–H and O–H groups in total. The summed E-state index contributed by atoms with van der Waals surface area (Å²) in [6, 6.07) is 2.13. The van der Waals surface area contributed by atoms with Gasteiger partial charge < -0.3 is 9.77 Å². The lowest BCUT2D eigenvalue weighted by Crippen LogP contribution is -2.07. The predicted octanol–water partition coefficient (Wildman–Crippen LogP) is 2.97. The zero-order valence-corrected chi connectivity index (χ0v) is 11.8. The van der Waals surface area contributed by atoms with Crippen molar-refractivity contribution >= 4 is 6.21 Å². The first-order valence-corrected chi connectivity index (χ1v) is 6.29. The SMILES string of the molecule is Cc1cc(C)c(Cn2ccnc2C)c(C)c1/C=N/O. The van der Waals surface area contributed by atoms with Gasteiger partial charge in [-0.2, -0.15) is 0 Å². The summed E-state index contributed by atoms with van der Waals surface area (Å²) >= 11 is 0. The molecule has 4 heteroatoms. The average molecular weight is 257 g/mol. The fourth-order valence-electron chi connectivity index (χ4n) is 2.48. The number of nitrogens with zero attached hydrogens (tertiary/aromatic N) is 3. The molecule has 4 nitrogen and oxygen atoms in total. The third-order valence-corrected chi connectivity index (χ3v) is 3.63. The van der Waals surface area contributed by atoms with E-state index in [1.54, 1.807) is 0 Å². The van der Waals surface area contributed by atoms with Crippen LogP contribution in [-0.4, -0.2) is 21.0 Å². The van der Waals surface area contributed by atoms with Crippen molar-refractivity contribution in [1.29, 1.82) is 0 Å². The average Bonchev–Trinajstić information content (AvgIpc) is 2.76. The molecule has 0 unspecified atom stereocenters. The van der Waals surface area contributed by atoms with Crippen molar-refractivity contribution in [3.63, 3.8) is 0 Å². The highest BCUT2D eigenvalue weighted by molar-refractivity contribution is 5.84. The molecule has 1 aromatic heterocycles. The summed E-state index contributed by atoms with van der Waals surface area (Å²) < 4.78 is 2.12. The van der Waals surface area contributed by atoms with Gasteiger partial charge in [0.15, 0.2) is 0 Å². The lowest BCUT2D eigenvalue weighted by Gasteiger charge is -2.16. The Morgan fingerprint density at radius 2 is 2.00 bits per heavy atom. The minimum Gasteiger partial charge on any atom is -0.411 e. The molecule has 2 rings (SSSR count). The molecule has 19 heavy (non-hydrogen) atoms. The van der Waals surface area contributed by atoms with Crippen molar-refractivity contribution in [2.45, 2.75) is 34.2 Å². The van der Waals surface area contributed by atoms with E-state index in [2.05, 4.69) is 34.6 Å². The van der Waals surface area contributed by atoms with Gasteiger partial charge in [0, 0.05) is 24.5 Å². The van der Waals surface area contributed by atoms with Crippen LogP contribution >= 0.6 is 0 Å². The van der Waals surface area contributed by atoms with Gasteiger partial charge in [0.05, 0.1) is 6.21 Å². The van der Waals surface area contributed by atoms with Gasteiger partial charge in [-0.15, -0.1) is 0 Å². The zero-order chi connectivity index (χ0) is 14.0. The van der Waals surface area contributed by atoms with E-state index in [-0.39, 0.29) is 0 Å². The van der Waals surface area contributed by atoms with E-state index in [0.717, 1.165) is 29.1 Å². The van der Waals surface area contributed by atoms with E-state index in [9.17, 15) is 0 Å². The molecule has 0 bridgehead atoms. The van der Waals surface area contributed by atoms with Crippen LogP contribution in [0.15, 0.2) is 23.6 Å². The molecule has 0 radical (unpaired) electrons. The molecule has 0 saturated carbocycles. The molecule has 0 fully saturated rings.